The van der Waals surface area contributed by atoms with E-state index in [-0.39, 0.29) is 0 Å². The topological polar surface area (TPSA) is 78.5 Å². The zero-order valence-corrected chi connectivity index (χ0v) is 12.9. The summed E-state index contributed by atoms with van der Waals surface area (Å²) in [5.41, 5.74) is 4.95. The van der Waals surface area contributed by atoms with Crippen molar-refractivity contribution in [2.75, 3.05) is 44.2 Å². The summed E-state index contributed by atoms with van der Waals surface area (Å²) in [4.78, 5) is 13.2. The van der Waals surface area contributed by atoms with Crippen LogP contribution < -0.4 is 10.6 Å². The van der Waals surface area contributed by atoms with Crippen molar-refractivity contribution in [3.63, 3.8) is 0 Å². The van der Waals surface area contributed by atoms with Crippen molar-refractivity contribution in [2.24, 2.45) is 5.73 Å². The number of anilines is 1. The summed E-state index contributed by atoms with van der Waals surface area (Å²) in [6.45, 7) is 7.31. The molecule has 1 aromatic rings. The Balaban J connectivity index is 1.70. The van der Waals surface area contributed by atoms with Crippen molar-refractivity contribution >= 4 is 5.95 Å². The molecule has 1 aliphatic rings. The first kappa shape index (κ1) is 16.1. The Hall–Kier alpha value is -1.24. The fourth-order valence-electron chi connectivity index (χ4n) is 2.68. The lowest BCUT2D eigenvalue weighted by atomic mass is 9.95. The molecule has 6 heteroatoms. The van der Waals surface area contributed by atoms with E-state index in [9.17, 15) is 5.11 Å². The van der Waals surface area contributed by atoms with Crippen LogP contribution in [-0.2, 0) is 0 Å². The molecule has 0 bridgehead atoms. The summed E-state index contributed by atoms with van der Waals surface area (Å²) >= 11 is 0. The minimum Gasteiger partial charge on any atom is -0.389 e. The molecule has 2 rings (SSSR count). The van der Waals surface area contributed by atoms with Gasteiger partial charge in [0.2, 0.25) is 5.95 Å². The molecule has 1 aromatic heterocycles. The standard InChI is InChI=1S/C15H27N5O/c1-2-15(21,13-16)5-3-8-19-9-11-20(12-10-19)14-17-6-4-7-18-14/h4,6-7,21H,2-3,5,8-13,16H2,1H3. The second-order valence-corrected chi connectivity index (χ2v) is 5.76. The van der Waals surface area contributed by atoms with Gasteiger partial charge in [-0.15, -0.1) is 0 Å². The van der Waals surface area contributed by atoms with Gasteiger partial charge >= 0.3 is 0 Å². The fourth-order valence-corrected chi connectivity index (χ4v) is 2.68. The number of aliphatic hydroxyl groups is 1. The molecular weight excluding hydrogens is 266 g/mol. The predicted molar refractivity (Wildman–Crippen MR) is 84.2 cm³/mol. The van der Waals surface area contributed by atoms with Gasteiger partial charge in [-0.25, -0.2) is 9.97 Å². The van der Waals surface area contributed by atoms with Gasteiger partial charge in [0.05, 0.1) is 5.60 Å². The highest BCUT2D eigenvalue weighted by atomic mass is 16.3. The van der Waals surface area contributed by atoms with Crippen LogP contribution in [0.1, 0.15) is 26.2 Å². The van der Waals surface area contributed by atoms with E-state index in [2.05, 4.69) is 19.8 Å². The molecule has 1 saturated heterocycles. The molecule has 2 heterocycles. The predicted octanol–water partition coefficient (Wildman–Crippen LogP) is 0.479. The molecule has 0 saturated carbocycles. The normalized spacial score (nSPS) is 19.5. The van der Waals surface area contributed by atoms with Crippen LogP contribution in [0.4, 0.5) is 5.95 Å². The lowest BCUT2D eigenvalue weighted by Gasteiger charge is -2.35. The molecule has 21 heavy (non-hydrogen) atoms. The largest absolute Gasteiger partial charge is 0.389 e. The van der Waals surface area contributed by atoms with Crippen molar-refractivity contribution in [3.05, 3.63) is 18.5 Å². The Morgan fingerprint density at radius 1 is 1.24 bits per heavy atom. The number of piperazine rings is 1. The molecule has 1 fully saturated rings. The van der Waals surface area contributed by atoms with E-state index >= 15 is 0 Å². The lowest BCUT2D eigenvalue weighted by molar-refractivity contribution is 0.0314. The first-order valence-electron chi connectivity index (χ1n) is 7.83. The van der Waals surface area contributed by atoms with Gasteiger partial charge in [-0.3, -0.25) is 4.90 Å². The first-order valence-corrected chi connectivity index (χ1v) is 7.83. The molecule has 1 unspecified atom stereocenters. The van der Waals surface area contributed by atoms with Gasteiger partial charge in [0.15, 0.2) is 0 Å². The smallest absolute Gasteiger partial charge is 0.225 e. The third-order valence-electron chi connectivity index (χ3n) is 4.36. The van der Waals surface area contributed by atoms with Crippen molar-refractivity contribution in [2.45, 2.75) is 31.8 Å². The van der Waals surface area contributed by atoms with Gasteiger partial charge < -0.3 is 15.7 Å². The Morgan fingerprint density at radius 3 is 2.48 bits per heavy atom. The maximum atomic E-state index is 10.2. The number of aromatic nitrogens is 2. The maximum Gasteiger partial charge on any atom is 0.225 e. The average Bonchev–Trinajstić information content (AvgIpc) is 2.56. The van der Waals surface area contributed by atoms with Crippen molar-refractivity contribution in [1.29, 1.82) is 0 Å². The highest BCUT2D eigenvalue weighted by molar-refractivity contribution is 5.29. The molecule has 3 N–H and O–H groups in total. The number of nitrogens with zero attached hydrogens (tertiary/aromatic N) is 4. The first-order chi connectivity index (χ1) is 10.2. The van der Waals surface area contributed by atoms with Crippen LogP contribution in [0.25, 0.3) is 0 Å². The Bertz CT molecular complexity index is 402. The molecule has 0 spiro atoms. The monoisotopic (exact) mass is 293 g/mol. The van der Waals surface area contributed by atoms with E-state index in [0.29, 0.717) is 6.54 Å². The molecule has 6 nitrogen and oxygen atoms in total. The van der Waals surface area contributed by atoms with Crippen molar-refractivity contribution < 1.29 is 5.11 Å². The summed E-state index contributed by atoms with van der Waals surface area (Å²) in [6.07, 6.45) is 6.06. The van der Waals surface area contributed by atoms with Crippen LogP contribution in [0, 0.1) is 0 Å². The number of hydrogen-bond acceptors (Lipinski definition) is 6. The molecule has 0 aromatic carbocycles. The Kier molecular flexibility index (Phi) is 5.90. The lowest BCUT2D eigenvalue weighted by Crippen LogP contribution is -2.47. The van der Waals surface area contributed by atoms with Crippen molar-refractivity contribution in [3.8, 4) is 0 Å². The third kappa shape index (κ3) is 4.62. The van der Waals surface area contributed by atoms with E-state index in [1.54, 1.807) is 12.4 Å². The highest BCUT2D eigenvalue weighted by Gasteiger charge is 2.23. The average molecular weight is 293 g/mol. The minimum absolute atomic E-state index is 0.350. The van der Waals surface area contributed by atoms with Gasteiger partial charge in [0.1, 0.15) is 0 Å². The van der Waals surface area contributed by atoms with Gasteiger partial charge in [-0.05, 0) is 31.9 Å². The molecule has 118 valence electrons. The zero-order chi connectivity index (χ0) is 15.1. The molecule has 1 atom stereocenters. The van der Waals surface area contributed by atoms with Gasteiger partial charge in [0.25, 0.3) is 0 Å². The van der Waals surface area contributed by atoms with Crippen LogP contribution in [0.15, 0.2) is 18.5 Å². The van der Waals surface area contributed by atoms with E-state index in [0.717, 1.165) is 57.9 Å². The maximum absolute atomic E-state index is 10.2. The zero-order valence-electron chi connectivity index (χ0n) is 12.9. The molecule has 0 amide bonds. The van der Waals surface area contributed by atoms with Crippen LogP contribution in [0.2, 0.25) is 0 Å². The summed E-state index contributed by atoms with van der Waals surface area (Å²) in [5, 5.41) is 10.2. The van der Waals surface area contributed by atoms with Crippen LogP contribution in [0.3, 0.4) is 0 Å². The summed E-state index contributed by atoms with van der Waals surface area (Å²) in [7, 11) is 0. The molecule has 0 aliphatic carbocycles. The molecular formula is C15H27N5O. The van der Waals surface area contributed by atoms with Crippen molar-refractivity contribution in [1.82, 2.24) is 14.9 Å². The van der Waals surface area contributed by atoms with E-state index in [1.807, 2.05) is 13.0 Å². The number of rotatable bonds is 7. The fraction of sp³-hybridized carbons (Fsp3) is 0.733. The summed E-state index contributed by atoms with van der Waals surface area (Å²) in [5.74, 6) is 0.820. The quantitative estimate of drug-likeness (QED) is 0.761. The van der Waals surface area contributed by atoms with E-state index < -0.39 is 5.60 Å². The van der Waals surface area contributed by atoms with Crippen LogP contribution in [0.5, 0.6) is 0 Å². The highest BCUT2D eigenvalue weighted by Crippen LogP contribution is 2.16. The van der Waals surface area contributed by atoms with Crippen LogP contribution >= 0.6 is 0 Å². The molecule has 0 radical (unpaired) electrons. The minimum atomic E-state index is -0.681. The molecule has 1 aliphatic heterocycles. The SMILES string of the molecule is CCC(O)(CN)CCCN1CCN(c2ncccn2)CC1. The number of nitrogens with two attached hydrogens (primary N) is 1. The van der Waals surface area contributed by atoms with E-state index in [1.165, 1.54) is 0 Å². The second kappa shape index (κ2) is 7.68. The van der Waals surface area contributed by atoms with Gasteiger partial charge in [-0.2, -0.15) is 0 Å². The Labute approximate surface area is 127 Å². The summed E-state index contributed by atoms with van der Waals surface area (Å²) in [6, 6.07) is 1.84. The van der Waals surface area contributed by atoms with E-state index in [4.69, 9.17) is 5.73 Å². The summed E-state index contributed by atoms with van der Waals surface area (Å²) < 4.78 is 0. The van der Waals surface area contributed by atoms with Gasteiger partial charge in [0, 0.05) is 45.1 Å². The second-order valence-electron chi connectivity index (χ2n) is 5.76. The number of hydrogen-bond donors (Lipinski definition) is 2. The van der Waals surface area contributed by atoms with Crippen LogP contribution in [-0.4, -0.2) is 64.8 Å². The Morgan fingerprint density at radius 2 is 1.90 bits per heavy atom. The third-order valence-corrected chi connectivity index (χ3v) is 4.36. The van der Waals surface area contributed by atoms with Gasteiger partial charge in [-0.1, -0.05) is 6.92 Å².